The topological polar surface area (TPSA) is 279 Å². The highest BCUT2D eigenvalue weighted by molar-refractivity contribution is 7.72. The minimum Gasteiger partial charge on any atom is -0.466 e. The molecule has 2 atom stereocenters. The van der Waals surface area contributed by atoms with Gasteiger partial charge in [-0.3, -0.25) is 23.5 Å². The minimum atomic E-state index is -5.30. The number of halogens is 1. The van der Waals surface area contributed by atoms with Gasteiger partial charge in [-0.05, 0) is 70.2 Å². The number of amides is 2. The Kier molecular flexibility index (Phi) is 16.4. The molecule has 0 saturated carbocycles. The van der Waals surface area contributed by atoms with Crippen molar-refractivity contribution < 1.29 is 52.9 Å². The molecule has 2 heterocycles. The van der Waals surface area contributed by atoms with Crippen molar-refractivity contribution in [3.05, 3.63) is 71.9 Å². The number of rotatable bonds is 14. The predicted molar refractivity (Wildman–Crippen MR) is 202 cm³/mol. The summed E-state index contributed by atoms with van der Waals surface area (Å²) < 4.78 is 27.0. The van der Waals surface area contributed by atoms with Gasteiger partial charge in [-0.2, -0.15) is 0 Å². The number of nitrogens with one attached hydrogen (secondary N) is 2. The number of aromatic nitrogens is 1. The second kappa shape index (κ2) is 18.9. The molecular formula is C34H52ClN5O11P2. The number of aliphatic hydroxyl groups is 1. The molecule has 0 bridgehead atoms. The highest BCUT2D eigenvalue weighted by atomic mass is 35.5. The molecule has 0 spiro atoms. The number of nitrogens with two attached hydrogens (primary N) is 2. The van der Waals surface area contributed by atoms with Gasteiger partial charge in [0.2, 0.25) is 11.8 Å². The Morgan fingerprint density at radius 3 is 2.21 bits per heavy atom. The number of benzene rings is 2. The fourth-order valence-electron chi connectivity index (χ4n) is 6.06. The van der Waals surface area contributed by atoms with E-state index in [0.717, 1.165) is 22.0 Å². The second-order valence-corrected chi connectivity index (χ2v) is 17.6. The van der Waals surface area contributed by atoms with Crippen LogP contribution in [0, 0.1) is 5.41 Å². The molecule has 2 aromatic carbocycles. The van der Waals surface area contributed by atoms with Gasteiger partial charge in [0, 0.05) is 43.0 Å². The van der Waals surface area contributed by atoms with Crippen molar-refractivity contribution in [2.45, 2.75) is 76.0 Å². The second-order valence-electron chi connectivity index (χ2n) is 13.6. The van der Waals surface area contributed by atoms with Crippen molar-refractivity contribution in [3.63, 3.8) is 0 Å². The molecule has 53 heavy (non-hydrogen) atoms. The number of para-hydroxylation sites is 1. The van der Waals surface area contributed by atoms with Crippen LogP contribution in [0.1, 0.15) is 57.6 Å². The average Bonchev–Trinajstić information content (AvgIpc) is 3.48. The maximum Gasteiger partial charge on any atom is 0.369 e. The number of nitrogens with zero attached hydrogens (tertiary/aromatic N) is 1. The van der Waals surface area contributed by atoms with Crippen LogP contribution in [0.4, 0.5) is 0 Å². The van der Waals surface area contributed by atoms with E-state index < -0.39 is 49.6 Å². The predicted octanol–water partition coefficient (Wildman–Crippen LogP) is 2.50. The van der Waals surface area contributed by atoms with Gasteiger partial charge < -0.3 is 56.1 Å². The van der Waals surface area contributed by atoms with E-state index in [1.165, 1.54) is 0 Å². The molecule has 0 unspecified atom stereocenters. The molecule has 3 aromatic rings. The summed E-state index contributed by atoms with van der Waals surface area (Å²) in [5.41, 5.74) is 12.0. The molecule has 4 rings (SSSR count). The molecule has 11 N–H and O–H groups in total. The van der Waals surface area contributed by atoms with E-state index in [2.05, 4.69) is 10.3 Å². The van der Waals surface area contributed by atoms with Crippen molar-refractivity contribution in [2.75, 3.05) is 26.2 Å². The van der Waals surface area contributed by atoms with Gasteiger partial charge in [-0.25, -0.2) is 0 Å². The average molecular weight is 804 g/mol. The minimum absolute atomic E-state index is 0. The number of H-pyrrole nitrogens is 1. The van der Waals surface area contributed by atoms with Crippen LogP contribution in [0.3, 0.4) is 0 Å². The molecule has 1 aliphatic rings. The van der Waals surface area contributed by atoms with E-state index in [4.69, 9.17) is 35.8 Å². The van der Waals surface area contributed by atoms with Crippen molar-refractivity contribution >= 4 is 56.3 Å². The van der Waals surface area contributed by atoms with E-state index in [1.54, 1.807) is 25.7 Å². The maximum atomic E-state index is 14.1. The standard InChI is InChI=1S/C30H38N4O4.C4H13NO7P2.ClH/c1-4-38-28(37)30(18-21-11-6-5-7-12-21)15-10-16-34(20-30)26(35)25(33-27(36)29(2,3)31)17-22-19-32-24-14-9-8-13-23(22)24;5-3-1-2-4(6,13(7,8)9)14(10,11)12;/h5-9,11-14,19,25,32H,4,10,15-18,20,31H2,1-3H3,(H,33,36);6H,1-3,5H2,(H2,7,8,9)(H2,10,11,12);1H/t25-,30+;;/m1../s1. The summed E-state index contributed by atoms with van der Waals surface area (Å²) in [4.78, 5) is 79.8. The fraction of sp³-hybridized carbons (Fsp3) is 0.500. The largest absolute Gasteiger partial charge is 0.466 e. The van der Waals surface area contributed by atoms with Crippen LogP contribution < -0.4 is 16.8 Å². The number of esters is 1. The Balaban J connectivity index is 0.000000552. The first-order valence-corrected chi connectivity index (χ1v) is 20.1. The van der Waals surface area contributed by atoms with Crippen LogP contribution in [0.2, 0.25) is 0 Å². The SMILES string of the molecule is CCOC(=O)[C@]1(Cc2ccccc2)CCCN(C(=O)[C@@H](Cc2c[nH]c3ccccc23)NC(=O)C(C)(C)N)C1.Cl.NCCCC(O)(P(=O)(O)O)P(=O)(O)O. The lowest BCUT2D eigenvalue weighted by atomic mass is 9.75. The lowest BCUT2D eigenvalue weighted by molar-refractivity contribution is -0.161. The summed E-state index contributed by atoms with van der Waals surface area (Å²) in [6.07, 6.45) is 3.08. The first-order valence-electron chi connectivity index (χ1n) is 16.9. The monoisotopic (exact) mass is 803 g/mol. The number of hydrogen-bond acceptors (Lipinski definition) is 9. The first kappa shape index (κ1) is 46.0. The van der Waals surface area contributed by atoms with Gasteiger partial charge in [0.15, 0.2) is 0 Å². The highest BCUT2D eigenvalue weighted by Gasteiger charge is 2.58. The highest BCUT2D eigenvalue weighted by Crippen LogP contribution is 2.69. The van der Waals surface area contributed by atoms with Crippen molar-refractivity contribution in [3.8, 4) is 0 Å². The van der Waals surface area contributed by atoms with E-state index in [9.17, 15) is 28.6 Å². The number of likely N-dealkylation sites (tertiary alicyclic amines) is 1. The number of hydrogen-bond donors (Lipinski definition) is 9. The molecule has 2 amide bonds. The summed E-state index contributed by atoms with van der Waals surface area (Å²) >= 11 is 0. The fourth-order valence-corrected chi connectivity index (χ4v) is 8.32. The number of piperidine rings is 1. The van der Waals surface area contributed by atoms with Crippen LogP contribution >= 0.6 is 27.6 Å². The molecule has 16 nitrogen and oxygen atoms in total. The number of carbonyl (C=O) groups excluding carboxylic acids is 3. The van der Waals surface area contributed by atoms with Crippen LogP contribution in [-0.2, 0) is 41.1 Å². The zero-order valence-electron chi connectivity index (χ0n) is 30.0. The van der Waals surface area contributed by atoms with Crippen molar-refractivity contribution in [1.29, 1.82) is 0 Å². The molecule has 1 aromatic heterocycles. The molecular weight excluding hydrogens is 752 g/mol. The molecule has 1 aliphatic heterocycles. The van der Waals surface area contributed by atoms with E-state index in [1.807, 2.05) is 60.8 Å². The smallest absolute Gasteiger partial charge is 0.369 e. The number of aromatic amines is 1. The van der Waals surface area contributed by atoms with E-state index in [0.29, 0.717) is 32.2 Å². The maximum absolute atomic E-state index is 14.1. The van der Waals surface area contributed by atoms with E-state index >= 15 is 0 Å². The summed E-state index contributed by atoms with van der Waals surface area (Å²) in [7, 11) is -10.6. The normalized spacial score (nSPS) is 17.2. The van der Waals surface area contributed by atoms with Crippen LogP contribution in [0.25, 0.3) is 10.9 Å². The molecule has 296 valence electrons. The quantitative estimate of drug-likeness (QED) is 0.0838. The molecule has 1 fully saturated rings. The molecule has 0 radical (unpaired) electrons. The Labute approximate surface area is 314 Å². The molecule has 19 heteroatoms. The lowest BCUT2D eigenvalue weighted by Crippen LogP contribution is -2.59. The van der Waals surface area contributed by atoms with Gasteiger partial charge in [-0.15, -0.1) is 12.4 Å². The Hall–Kier alpha value is -3.14. The first-order chi connectivity index (χ1) is 24.2. The van der Waals surface area contributed by atoms with Gasteiger partial charge >= 0.3 is 21.2 Å². The third-order valence-electron chi connectivity index (χ3n) is 8.92. The summed E-state index contributed by atoms with van der Waals surface area (Å²) in [5, 5.41) is 9.81. The summed E-state index contributed by atoms with van der Waals surface area (Å²) in [6.45, 7) is 5.98. The third-order valence-corrected chi connectivity index (χ3v) is 12.8. The third kappa shape index (κ3) is 11.7. The lowest BCUT2D eigenvalue weighted by Gasteiger charge is -2.42. The Morgan fingerprint density at radius 1 is 1.04 bits per heavy atom. The zero-order valence-corrected chi connectivity index (χ0v) is 32.6. The zero-order chi connectivity index (χ0) is 39.0. The van der Waals surface area contributed by atoms with Gasteiger partial charge in [0.05, 0.1) is 17.6 Å². The van der Waals surface area contributed by atoms with Crippen LogP contribution in [-0.4, -0.2) is 95.3 Å². The van der Waals surface area contributed by atoms with E-state index in [-0.39, 0.29) is 50.4 Å². The van der Waals surface area contributed by atoms with Crippen molar-refractivity contribution in [2.24, 2.45) is 16.9 Å². The van der Waals surface area contributed by atoms with Gasteiger partial charge in [0.1, 0.15) is 6.04 Å². The Morgan fingerprint density at radius 2 is 1.64 bits per heavy atom. The van der Waals surface area contributed by atoms with Crippen molar-refractivity contribution in [1.82, 2.24) is 15.2 Å². The molecule has 0 aliphatic carbocycles. The number of carbonyl (C=O) groups is 3. The van der Waals surface area contributed by atoms with Gasteiger partial charge in [-0.1, -0.05) is 48.5 Å². The Bertz CT molecular complexity index is 1750. The molecule has 1 saturated heterocycles. The van der Waals surface area contributed by atoms with Gasteiger partial charge in [0.25, 0.3) is 5.08 Å². The summed E-state index contributed by atoms with van der Waals surface area (Å²) in [6, 6.07) is 16.8. The van der Waals surface area contributed by atoms with Crippen LogP contribution in [0.5, 0.6) is 0 Å². The summed E-state index contributed by atoms with van der Waals surface area (Å²) in [5.74, 6) is -0.926. The van der Waals surface area contributed by atoms with Crippen LogP contribution in [0.15, 0.2) is 60.8 Å². The number of fused-ring (bicyclic) bond motifs is 1. The number of ether oxygens (including phenoxy) is 1.